The lowest BCUT2D eigenvalue weighted by atomic mass is 9.92. The van der Waals surface area contributed by atoms with Crippen LogP contribution in [0.2, 0.25) is 0 Å². The summed E-state index contributed by atoms with van der Waals surface area (Å²) in [6.45, 7) is 10.2. The molecule has 0 saturated carbocycles. The third-order valence-electron chi connectivity index (χ3n) is 11.0. The van der Waals surface area contributed by atoms with Crippen molar-refractivity contribution in [3.05, 3.63) is 166 Å². The predicted molar refractivity (Wildman–Crippen MR) is 220 cm³/mol. The summed E-state index contributed by atoms with van der Waals surface area (Å²) in [4.78, 5) is 0. The Bertz CT molecular complexity index is 2980. The lowest BCUT2D eigenvalue weighted by Crippen LogP contribution is -2.12. The zero-order valence-electron chi connectivity index (χ0n) is 31.8. The largest absolute Gasteiger partial charge is 0.417 e. The Labute approximate surface area is 325 Å². The van der Waals surface area contributed by atoms with E-state index in [1.165, 1.54) is 0 Å². The van der Waals surface area contributed by atoms with Gasteiger partial charge in [-0.25, -0.2) is 0 Å². The van der Waals surface area contributed by atoms with Gasteiger partial charge in [0, 0.05) is 32.7 Å². The Morgan fingerprint density at radius 1 is 0.351 bits per heavy atom. The molecule has 0 atom stereocenters. The van der Waals surface area contributed by atoms with Gasteiger partial charge in [-0.05, 0) is 130 Å². The van der Waals surface area contributed by atoms with Crippen LogP contribution in [-0.2, 0) is 12.4 Å². The van der Waals surface area contributed by atoms with Gasteiger partial charge in [0.05, 0.1) is 44.6 Å². The van der Waals surface area contributed by atoms with Crippen molar-refractivity contribution in [3.63, 3.8) is 0 Å². The van der Waals surface area contributed by atoms with Crippen LogP contribution in [0, 0.1) is 34.6 Å². The van der Waals surface area contributed by atoms with E-state index in [0.29, 0.717) is 11.3 Å². The summed E-state index contributed by atoms with van der Waals surface area (Å²) in [5, 5.41) is 4.21. The van der Waals surface area contributed by atoms with E-state index in [4.69, 9.17) is 0 Å². The minimum Gasteiger partial charge on any atom is -0.309 e. The number of alkyl halides is 6. The molecule has 7 aromatic carbocycles. The number of nitrogens with zero attached hydrogens (tertiary/aromatic N) is 2. The maximum atomic E-state index is 14.7. The average molecular weight is 767 g/mol. The molecular weight excluding hydrogens is 731 g/mol. The number of fused-ring (bicyclic) bond motifs is 6. The van der Waals surface area contributed by atoms with E-state index in [9.17, 15) is 26.3 Å². The van der Waals surface area contributed by atoms with E-state index < -0.39 is 23.5 Å². The fourth-order valence-electron chi connectivity index (χ4n) is 8.40. The first kappa shape index (κ1) is 36.4. The summed E-state index contributed by atoms with van der Waals surface area (Å²) in [6, 6.07) is 38.1. The molecule has 2 heterocycles. The molecule has 0 radical (unpaired) electrons. The second-order valence-electron chi connectivity index (χ2n) is 15.3. The number of halogens is 6. The van der Waals surface area contributed by atoms with Crippen molar-refractivity contribution in [2.24, 2.45) is 0 Å². The fourth-order valence-corrected chi connectivity index (χ4v) is 8.40. The van der Waals surface area contributed by atoms with Crippen LogP contribution < -0.4 is 0 Å². The molecule has 0 aliphatic rings. The molecule has 0 fully saturated rings. The van der Waals surface area contributed by atoms with Crippen LogP contribution in [0.15, 0.2) is 127 Å². The van der Waals surface area contributed by atoms with Crippen LogP contribution in [-0.4, -0.2) is 9.13 Å². The highest BCUT2D eigenvalue weighted by molar-refractivity contribution is 6.12. The van der Waals surface area contributed by atoms with Crippen LogP contribution in [0.3, 0.4) is 0 Å². The zero-order chi connectivity index (χ0) is 40.1. The highest BCUT2D eigenvalue weighted by atomic mass is 19.4. The van der Waals surface area contributed by atoms with Crippen LogP contribution in [0.25, 0.3) is 77.2 Å². The molecule has 284 valence electrons. The normalized spacial score (nSPS) is 12.5. The van der Waals surface area contributed by atoms with Crippen molar-refractivity contribution < 1.29 is 26.3 Å². The van der Waals surface area contributed by atoms with Gasteiger partial charge in [-0.2, -0.15) is 26.3 Å². The minimum atomic E-state index is -5.05. The monoisotopic (exact) mass is 766 g/mol. The SMILES string of the molecule is Cc1ccc(-c2cc(-c3ccc(C(F)(F)F)cc3C(F)(F)F)ccc2-n2c3ccc(C)cc3c3cc(C)ccc32)c(-n2c3ccc(C)cc3c3cc(C)ccc32)c1. The topological polar surface area (TPSA) is 9.86 Å². The standard InChI is InChI=1S/C49H36F6N2/c1-27-7-15-42-36(20-27)37-21-28(2)8-16-43(37)56(42)46-19-11-32(34-14-12-33(48(50,51)52)26-41(34)49(53,54)55)25-40(46)35-13-6-31(5)24-47(35)57-44-17-9-29(3)22-38(44)39-23-30(4)10-18-45(39)57/h6-26H,1-5H3. The summed E-state index contributed by atoms with van der Waals surface area (Å²) in [6.07, 6.45) is -10.00. The van der Waals surface area contributed by atoms with Crippen LogP contribution in [0.1, 0.15) is 38.9 Å². The molecule has 57 heavy (non-hydrogen) atoms. The predicted octanol–water partition coefficient (Wildman–Crippen LogP) is 14.8. The fraction of sp³-hybridized carbons (Fsp3) is 0.143. The van der Waals surface area contributed by atoms with E-state index in [-0.39, 0.29) is 17.2 Å². The average Bonchev–Trinajstić information content (AvgIpc) is 3.64. The molecule has 0 spiro atoms. The molecular formula is C49H36F6N2. The molecule has 9 aromatic rings. The Morgan fingerprint density at radius 2 is 0.772 bits per heavy atom. The molecule has 0 bridgehead atoms. The molecule has 2 nitrogen and oxygen atoms in total. The van der Waals surface area contributed by atoms with Gasteiger partial charge in [-0.1, -0.05) is 70.8 Å². The molecule has 0 saturated heterocycles. The Morgan fingerprint density at radius 3 is 1.23 bits per heavy atom. The van der Waals surface area contributed by atoms with E-state index >= 15 is 0 Å². The number of rotatable bonds is 4. The summed E-state index contributed by atoms with van der Waals surface area (Å²) in [5.74, 6) is 0. The number of hydrogen-bond donors (Lipinski definition) is 0. The lowest BCUT2D eigenvalue weighted by molar-refractivity contribution is -0.142. The van der Waals surface area contributed by atoms with E-state index in [0.717, 1.165) is 94.8 Å². The molecule has 8 heteroatoms. The first-order valence-corrected chi connectivity index (χ1v) is 18.6. The highest BCUT2D eigenvalue weighted by Crippen LogP contribution is 2.46. The van der Waals surface area contributed by atoms with Gasteiger partial charge in [0.2, 0.25) is 0 Å². The maximum absolute atomic E-state index is 14.7. The molecule has 0 aliphatic carbocycles. The van der Waals surface area contributed by atoms with Gasteiger partial charge in [-0.15, -0.1) is 0 Å². The smallest absolute Gasteiger partial charge is 0.309 e. The number of aryl methyl sites for hydroxylation is 5. The van der Waals surface area contributed by atoms with E-state index in [2.05, 4.69) is 89.7 Å². The second-order valence-corrected chi connectivity index (χ2v) is 15.3. The molecule has 2 aromatic heterocycles. The van der Waals surface area contributed by atoms with Crippen molar-refractivity contribution in [2.45, 2.75) is 47.0 Å². The van der Waals surface area contributed by atoms with Crippen molar-refractivity contribution in [1.82, 2.24) is 9.13 Å². The highest BCUT2D eigenvalue weighted by Gasteiger charge is 2.38. The van der Waals surface area contributed by atoms with Gasteiger partial charge in [-0.3, -0.25) is 0 Å². The molecule has 0 aliphatic heterocycles. The van der Waals surface area contributed by atoms with Crippen LogP contribution in [0.5, 0.6) is 0 Å². The summed E-state index contributed by atoms with van der Waals surface area (Å²) < 4.78 is 89.9. The van der Waals surface area contributed by atoms with Gasteiger partial charge in [0.15, 0.2) is 0 Å². The van der Waals surface area contributed by atoms with Crippen LogP contribution in [0.4, 0.5) is 26.3 Å². The molecule has 0 unspecified atom stereocenters. The third kappa shape index (κ3) is 6.06. The van der Waals surface area contributed by atoms with Crippen molar-refractivity contribution in [2.75, 3.05) is 0 Å². The maximum Gasteiger partial charge on any atom is 0.417 e. The third-order valence-corrected chi connectivity index (χ3v) is 11.0. The van der Waals surface area contributed by atoms with Gasteiger partial charge >= 0.3 is 12.4 Å². The number of hydrogen-bond acceptors (Lipinski definition) is 0. The second kappa shape index (κ2) is 12.9. The minimum absolute atomic E-state index is 0.141. The van der Waals surface area contributed by atoms with Crippen molar-refractivity contribution in [1.29, 1.82) is 0 Å². The quantitative estimate of drug-likeness (QED) is 0.158. The van der Waals surface area contributed by atoms with Gasteiger partial charge in [0.1, 0.15) is 0 Å². The Balaban J connectivity index is 1.42. The van der Waals surface area contributed by atoms with Crippen molar-refractivity contribution in [3.8, 4) is 33.6 Å². The molecule has 9 rings (SSSR count). The molecule has 0 amide bonds. The van der Waals surface area contributed by atoms with Gasteiger partial charge < -0.3 is 9.13 Å². The van der Waals surface area contributed by atoms with Crippen LogP contribution >= 0.6 is 0 Å². The lowest BCUT2D eigenvalue weighted by Gasteiger charge is -2.21. The van der Waals surface area contributed by atoms with Crippen molar-refractivity contribution >= 4 is 43.6 Å². The summed E-state index contributed by atoms with van der Waals surface area (Å²) in [5.41, 5.74) is 9.10. The first-order valence-electron chi connectivity index (χ1n) is 18.6. The Hall–Kier alpha value is -6.28. The number of aromatic nitrogens is 2. The van der Waals surface area contributed by atoms with E-state index in [1.807, 2.05) is 45.0 Å². The van der Waals surface area contributed by atoms with Gasteiger partial charge in [0.25, 0.3) is 0 Å². The molecule has 0 N–H and O–H groups in total. The Kier molecular flexibility index (Phi) is 8.22. The first-order chi connectivity index (χ1) is 27.1. The summed E-state index contributed by atoms with van der Waals surface area (Å²) in [7, 11) is 0. The summed E-state index contributed by atoms with van der Waals surface area (Å²) >= 11 is 0. The number of benzene rings is 7. The zero-order valence-corrected chi connectivity index (χ0v) is 31.8. The van der Waals surface area contributed by atoms with E-state index in [1.54, 1.807) is 18.2 Å².